The topological polar surface area (TPSA) is 52.6 Å². The molecule has 2 aliphatic rings. The third-order valence-corrected chi connectivity index (χ3v) is 5.10. The van der Waals surface area contributed by atoms with Gasteiger partial charge < -0.3 is 10.4 Å². The number of likely N-dealkylation sites (tertiary alicyclic amines) is 1. The Labute approximate surface area is 144 Å². The molecule has 2 N–H and O–H groups in total. The Morgan fingerprint density at radius 2 is 1.88 bits per heavy atom. The van der Waals surface area contributed by atoms with E-state index in [1.165, 1.54) is 29.5 Å². The molecule has 0 atom stereocenters. The van der Waals surface area contributed by atoms with Crippen molar-refractivity contribution in [2.75, 3.05) is 13.1 Å². The predicted molar refractivity (Wildman–Crippen MR) is 95.3 cm³/mol. The van der Waals surface area contributed by atoms with Gasteiger partial charge in [0.05, 0.1) is 6.10 Å². The van der Waals surface area contributed by atoms with E-state index < -0.39 is 0 Å². The van der Waals surface area contributed by atoms with Gasteiger partial charge in [-0.2, -0.15) is 0 Å². The SMILES string of the molecule is C/C(=C/C(=O)NCc1ccccc1CN1CCC(O)CC1)C1CC1. The normalized spacial score (nSPS) is 20.2. The zero-order chi connectivity index (χ0) is 16.9. The Morgan fingerprint density at radius 1 is 1.21 bits per heavy atom. The molecule has 2 fully saturated rings. The standard InChI is InChI=1S/C20H28N2O2/c1-15(16-6-7-16)12-20(24)21-13-17-4-2-3-5-18(17)14-22-10-8-19(23)9-11-22/h2-5,12,16,19,23H,6-11,13-14H2,1H3,(H,21,24)/b15-12-. The van der Waals surface area contributed by atoms with Crippen molar-refractivity contribution in [1.82, 2.24) is 10.2 Å². The molecule has 1 aliphatic heterocycles. The maximum atomic E-state index is 12.1. The number of hydrogen-bond donors (Lipinski definition) is 2. The summed E-state index contributed by atoms with van der Waals surface area (Å²) >= 11 is 0. The number of carbonyl (C=O) groups is 1. The van der Waals surface area contributed by atoms with Crippen molar-refractivity contribution in [3.8, 4) is 0 Å². The second-order valence-corrected chi connectivity index (χ2v) is 7.16. The van der Waals surface area contributed by atoms with E-state index in [4.69, 9.17) is 0 Å². The largest absolute Gasteiger partial charge is 0.393 e. The number of nitrogens with one attached hydrogen (secondary N) is 1. The van der Waals surface area contributed by atoms with Crippen molar-refractivity contribution in [3.63, 3.8) is 0 Å². The van der Waals surface area contributed by atoms with Crippen LogP contribution in [0.1, 0.15) is 43.7 Å². The molecule has 1 saturated carbocycles. The Balaban J connectivity index is 1.55. The lowest BCUT2D eigenvalue weighted by atomic mass is 10.0. The number of benzene rings is 1. The Bertz CT molecular complexity index is 599. The van der Waals surface area contributed by atoms with E-state index in [1.54, 1.807) is 6.08 Å². The number of allylic oxidation sites excluding steroid dienone is 1. The van der Waals surface area contributed by atoms with Crippen LogP contribution in [0.2, 0.25) is 0 Å². The molecule has 1 saturated heterocycles. The fourth-order valence-corrected chi connectivity index (χ4v) is 3.30. The van der Waals surface area contributed by atoms with Crippen LogP contribution in [0.25, 0.3) is 0 Å². The average molecular weight is 328 g/mol. The summed E-state index contributed by atoms with van der Waals surface area (Å²) in [6, 6.07) is 8.30. The molecule has 0 unspecified atom stereocenters. The third kappa shape index (κ3) is 4.92. The van der Waals surface area contributed by atoms with Crippen molar-refractivity contribution in [2.45, 2.75) is 51.8 Å². The van der Waals surface area contributed by atoms with Gasteiger partial charge in [0.2, 0.25) is 5.91 Å². The van der Waals surface area contributed by atoms with E-state index >= 15 is 0 Å². The molecule has 4 nitrogen and oxygen atoms in total. The molecule has 1 heterocycles. The zero-order valence-electron chi connectivity index (χ0n) is 14.5. The maximum absolute atomic E-state index is 12.1. The molecule has 0 bridgehead atoms. The van der Waals surface area contributed by atoms with Crippen molar-refractivity contribution in [1.29, 1.82) is 0 Å². The molecule has 1 aliphatic carbocycles. The summed E-state index contributed by atoms with van der Waals surface area (Å²) in [7, 11) is 0. The summed E-state index contributed by atoms with van der Waals surface area (Å²) in [6.45, 7) is 5.38. The van der Waals surface area contributed by atoms with Gasteiger partial charge >= 0.3 is 0 Å². The number of rotatable bonds is 6. The van der Waals surface area contributed by atoms with E-state index in [1.807, 2.05) is 6.07 Å². The quantitative estimate of drug-likeness (QED) is 0.789. The van der Waals surface area contributed by atoms with Gasteiger partial charge in [-0.25, -0.2) is 0 Å². The maximum Gasteiger partial charge on any atom is 0.244 e. The first kappa shape index (κ1) is 17.2. The predicted octanol–water partition coefficient (Wildman–Crippen LogP) is 2.62. The number of hydrogen-bond acceptors (Lipinski definition) is 3. The summed E-state index contributed by atoms with van der Waals surface area (Å²) in [6.07, 6.45) is 5.77. The van der Waals surface area contributed by atoms with Crippen LogP contribution < -0.4 is 5.32 Å². The van der Waals surface area contributed by atoms with Crippen molar-refractivity contribution in [2.24, 2.45) is 5.92 Å². The Kier molecular flexibility index (Phi) is 5.69. The molecule has 4 heteroatoms. The third-order valence-electron chi connectivity index (χ3n) is 5.10. The van der Waals surface area contributed by atoms with Crippen molar-refractivity contribution in [3.05, 3.63) is 47.0 Å². The number of piperidine rings is 1. The summed E-state index contributed by atoms with van der Waals surface area (Å²) in [5.74, 6) is 0.646. The first-order chi connectivity index (χ1) is 11.6. The Hall–Kier alpha value is -1.65. The number of nitrogens with zero attached hydrogens (tertiary/aromatic N) is 1. The first-order valence-corrected chi connectivity index (χ1v) is 9.05. The molecular formula is C20H28N2O2. The minimum absolute atomic E-state index is 0.00954. The number of aliphatic hydroxyl groups excluding tert-OH is 1. The number of aliphatic hydroxyl groups is 1. The van der Waals surface area contributed by atoms with Crippen LogP contribution in [0.15, 0.2) is 35.9 Å². The smallest absolute Gasteiger partial charge is 0.244 e. The van der Waals surface area contributed by atoms with Crippen molar-refractivity contribution >= 4 is 5.91 Å². The molecule has 1 aromatic rings. The van der Waals surface area contributed by atoms with Gasteiger partial charge in [-0.1, -0.05) is 29.8 Å². The van der Waals surface area contributed by atoms with Crippen molar-refractivity contribution < 1.29 is 9.90 Å². The molecule has 0 aromatic heterocycles. The van der Waals surface area contributed by atoms with Gasteiger partial charge in [0.15, 0.2) is 0 Å². The summed E-state index contributed by atoms with van der Waals surface area (Å²) in [4.78, 5) is 14.5. The van der Waals surface area contributed by atoms with E-state index in [0.29, 0.717) is 12.5 Å². The van der Waals surface area contributed by atoms with E-state index in [0.717, 1.165) is 32.5 Å². The molecule has 0 radical (unpaired) electrons. The highest BCUT2D eigenvalue weighted by Gasteiger charge is 2.23. The van der Waals surface area contributed by atoms with Gasteiger partial charge in [0.25, 0.3) is 0 Å². The fourth-order valence-electron chi connectivity index (χ4n) is 3.30. The molecule has 24 heavy (non-hydrogen) atoms. The molecule has 1 aromatic carbocycles. The van der Waals surface area contributed by atoms with E-state index in [9.17, 15) is 9.90 Å². The summed E-state index contributed by atoms with van der Waals surface area (Å²) < 4.78 is 0. The minimum Gasteiger partial charge on any atom is -0.393 e. The molecule has 0 spiro atoms. The van der Waals surface area contributed by atoms with Crippen LogP contribution in [0.5, 0.6) is 0 Å². The summed E-state index contributed by atoms with van der Waals surface area (Å²) in [5, 5.41) is 12.7. The lowest BCUT2D eigenvalue weighted by Crippen LogP contribution is -2.35. The summed E-state index contributed by atoms with van der Waals surface area (Å²) in [5.41, 5.74) is 3.64. The van der Waals surface area contributed by atoms with Gasteiger partial charge in [0, 0.05) is 32.3 Å². The fraction of sp³-hybridized carbons (Fsp3) is 0.550. The molecule has 3 rings (SSSR count). The van der Waals surface area contributed by atoms with Crippen LogP contribution >= 0.6 is 0 Å². The molecular weight excluding hydrogens is 300 g/mol. The van der Waals surface area contributed by atoms with Crippen LogP contribution in [0, 0.1) is 5.92 Å². The van der Waals surface area contributed by atoms with Crippen LogP contribution in [-0.2, 0) is 17.9 Å². The average Bonchev–Trinajstić information content (AvgIpc) is 3.41. The molecule has 130 valence electrons. The van der Waals surface area contributed by atoms with Crippen LogP contribution in [0.4, 0.5) is 0 Å². The van der Waals surface area contributed by atoms with Crippen LogP contribution in [-0.4, -0.2) is 35.1 Å². The Morgan fingerprint density at radius 3 is 2.54 bits per heavy atom. The zero-order valence-corrected chi connectivity index (χ0v) is 14.5. The van der Waals surface area contributed by atoms with Crippen LogP contribution in [0.3, 0.4) is 0 Å². The highest BCUT2D eigenvalue weighted by atomic mass is 16.3. The lowest BCUT2D eigenvalue weighted by molar-refractivity contribution is -0.116. The van der Waals surface area contributed by atoms with E-state index in [-0.39, 0.29) is 12.0 Å². The lowest BCUT2D eigenvalue weighted by Gasteiger charge is -2.30. The molecule has 1 amide bonds. The van der Waals surface area contributed by atoms with Gasteiger partial charge in [-0.05, 0) is 49.7 Å². The number of amides is 1. The monoisotopic (exact) mass is 328 g/mol. The van der Waals surface area contributed by atoms with Gasteiger partial charge in [0.1, 0.15) is 0 Å². The second kappa shape index (κ2) is 7.95. The van der Waals surface area contributed by atoms with Gasteiger partial charge in [-0.15, -0.1) is 0 Å². The number of carbonyl (C=O) groups excluding carboxylic acids is 1. The first-order valence-electron chi connectivity index (χ1n) is 9.05. The van der Waals surface area contributed by atoms with Gasteiger partial charge in [-0.3, -0.25) is 9.69 Å². The highest BCUT2D eigenvalue weighted by Crippen LogP contribution is 2.35. The second-order valence-electron chi connectivity index (χ2n) is 7.16. The highest BCUT2D eigenvalue weighted by molar-refractivity contribution is 5.88. The van der Waals surface area contributed by atoms with E-state index in [2.05, 4.69) is 35.3 Å². The minimum atomic E-state index is -0.141.